The Morgan fingerprint density at radius 3 is 2.22 bits per heavy atom. The topological polar surface area (TPSA) is 35.2 Å². The second kappa shape index (κ2) is 6.83. The van der Waals surface area contributed by atoms with Crippen LogP contribution in [0, 0.1) is 0 Å². The predicted octanol–water partition coefficient (Wildman–Crippen LogP) is 4.47. The third kappa shape index (κ3) is 5.13. The number of anilines is 1. The summed E-state index contributed by atoms with van der Waals surface area (Å²) in [6, 6.07) is 7.76. The van der Waals surface area contributed by atoms with Crippen LogP contribution in [0.1, 0.15) is 32.6 Å². The first-order valence-electron chi connectivity index (χ1n) is 6.95. The minimum atomic E-state index is -1.29. The van der Waals surface area contributed by atoms with Gasteiger partial charge in [0.25, 0.3) is 0 Å². The molecule has 3 heteroatoms. The number of nitrogens with two attached hydrogens (primary N) is 1. The average Bonchev–Trinajstić information content (AvgIpc) is 2.29. The lowest BCUT2D eigenvalue weighted by Gasteiger charge is -2.29. The lowest BCUT2D eigenvalue weighted by atomic mass is 10.2. The van der Waals surface area contributed by atoms with Crippen LogP contribution in [-0.4, -0.2) is 13.8 Å². The first kappa shape index (κ1) is 15.1. The van der Waals surface area contributed by atoms with E-state index in [9.17, 15) is 0 Å². The lowest BCUT2D eigenvalue weighted by Crippen LogP contribution is -2.42. The fourth-order valence-corrected chi connectivity index (χ4v) is 3.52. The van der Waals surface area contributed by atoms with E-state index >= 15 is 0 Å². The van der Waals surface area contributed by atoms with Crippen molar-refractivity contribution in [2.75, 3.05) is 5.73 Å². The third-order valence-electron chi connectivity index (χ3n) is 3.19. The van der Waals surface area contributed by atoms with Gasteiger partial charge in [-0.15, -0.1) is 0 Å². The van der Waals surface area contributed by atoms with Crippen molar-refractivity contribution in [3.05, 3.63) is 24.3 Å². The van der Waals surface area contributed by atoms with E-state index in [-0.39, 0.29) is 0 Å². The molecule has 1 unspecified atom stereocenters. The van der Waals surface area contributed by atoms with Crippen molar-refractivity contribution in [1.82, 2.24) is 0 Å². The molecule has 0 saturated carbocycles. The van der Waals surface area contributed by atoms with Crippen molar-refractivity contribution in [3.8, 4) is 5.75 Å². The van der Waals surface area contributed by atoms with E-state index in [0.717, 1.165) is 11.4 Å². The number of benzene rings is 1. The molecule has 0 saturated heterocycles. The van der Waals surface area contributed by atoms with Crippen LogP contribution in [0.15, 0.2) is 24.3 Å². The number of unbranched alkanes of at least 4 members (excludes halogenated alkanes) is 2. The Morgan fingerprint density at radius 2 is 1.72 bits per heavy atom. The quantitative estimate of drug-likeness (QED) is 0.448. The smallest absolute Gasteiger partial charge is 0.119 e. The maximum atomic E-state index is 6.19. The molecule has 1 aromatic rings. The van der Waals surface area contributed by atoms with Crippen molar-refractivity contribution in [3.63, 3.8) is 0 Å². The van der Waals surface area contributed by atoms with Crippen LogP contribution in [0.25, 0.3) is 0 Å². The maximum Gasteiger partial charge on any atom is 0.119 e. The Labute approximate surface area is 113 Å². The van der Waals surface area contributed by atoms with E-state index < -0.39 is 8.07 Å². The molecule has 1 atom stereocenters. The van der Waals surface area contributed by atoms with Crippen LogP contribution >= 0.6 is 0 Å². The predicted molar refractivity (Wildman–Crippen MR) is 82.8 cm³/mol. The zero-order valence-electron chi connectivity index (χ0n) is 12.2. The summed E-state index contributed by atoms with van der Waals surface area (Å²) in [6.07, 6.45) is 5.00. The molecule has 0 aliphatic heterocycles. The number of hydrogen-bond donors (Lipinski definition) is 1. The normalized spacial score (nSPS) is 13.3. The van der Waals surface area contributed by atoms with Crippen LogP contribution in [0.2, 0.25) is 19.6 Å². The van der Waals surface area contributed by atoms with Gasteiger partial charge in [0.1, 0.15) is 5.75 Å². The van der Waals surface area contributed by atoms with Crippen LogP contribution < -0.4 is 10.5 Å². The molecule has 0 bridgehead atoms. The summed E-state index contributed by atoms with van der Waals surface area (Å²) in [6.45, 7) is 9.37. The van der Waals surface area contributed by atoms with Gasteiger partial charge in [-0.2, -0.15) is 0 Å². The van der Waals surface area contributed by atoms with Gasteiger partial charge in [-0.05, 0) is 30.7 Å². The summed E-state index contributed by atoms with van der Waals surface area (Å²) in [4.78, 5) is 0. The first-order chi connectivity index (χ1) is 8.43. The second-order valence-electron chi connectivity index (χ2n) is 6.04. The van der Waals surface area contributed by atoms with Crippen molar-refractivity contribution >= 4 is 13.8 Å². The van der Waals surface area contributed by atoms with Crippen LogP contribution in [0.5, 0.6) is 5.75 Å². The molecule has 102 valence electrons. The highest BCUT2D eigenvalue weighted by Crippen LogP contribution is 2.22. The molecule has 2 N–H and O–H groups in total. The second-order valence-corrected chi connectivity index (χ2v) is 11.4. The Morgan fingerprint density at radius 1 is 1.11 bits per heavy atom. The SMILES string of the molecule is CCCCCC(Oc1ccc(N)cc1)[Si](C)(C)C. The molecular formula is C15H27NOSi. The monoisotopic (exact) mass is 265 g/mol. The standard InChI is InChI=1S/C15H27NOSi/c1-5-6-7-8-15(18(2,3)4)17-14-11-9-13(16)10-12-14/h9-12,15H,5-8,16H2,1-4H3. The zero-order valence-corrected chi connectivity index (χ0v) is 13.2. The Balaban J connectivity index is 2.63. The minimum Gasteiger partial charge on any atom is -0.494 e. The molecule has 0 aliphatic rings. The largest absolute Gasteiger partial charge is 0.494 e. The minimum absolute atomic E-state index is 0.396. The van der Waals surface area contributed by atoms with Crippen molar-refractivity contribution in [2.24, 2.45) is 0 Å². The van der Waals surface area contributed by atoms with Gasteiger partial charge in [0.15, 0.2) is 0 Å². The summed E-state index contributed by atoms with van der Waals surface area (Å²) >= 11 is 0. The molecule has 0 aliphatic carbocycles. The van der Waals surface area contributed by atoms with E-state index in [1.54, 1.807) is 0 Å². The molecule has 1 aromatic carbocycles. The highest BCUT2D eigenvalue weighted by Gasteiger charge is 2.28. The van der Waals surface area contributed by atoms with Crippen LogP contribution in [0.4, 0.5) is 5.69 Å². The third-order valence-corrected chi connectivity index (χ3v) is 5.53. The molecule has 0 amide bonds. The van der Waals surface area contributed by atoms with Gasteiger partial charge in [-0.25, -0.2) is 0 Å². The lowest BCUT2D eigenvalue weighted by molar-refractivity contribution is 0.253. The van der Waals surface area contributed by atoms with Gasteiger partial charge in [0.2, 0.25) is 0 Å². The zero-order chi connectivity index (χ0) is 13.6. The van der Waals surface area contributed by atoms with E-state index in [1.807, 2.05) is 24.3 Å². The summed E-state index contributed by atoms with van der Waals surface area (Å²) in [7, 11) is -1.29. The van der Waals surface area contributed by atoms with Gasteiger partial charge < -0.3 is 10.5 Å². The fourth-order valence-electron chi connectivity index (χ4n) is 1.96. The molecule has 0 radical (unpaired) electrons. The van der Waals surface area contributed by atoms with E-state index in [1.165, 1.54) is 25.7 Å². The molecule has 2 nitrogen and oxygen atoms in total. The molecule has 0 heterocycles. The van der Waals surface area contributed by atoms with Crippen molar-refractivity contribution in [1.29, 1.82) is 0 Å². The highest BCUT2D eigenvalue weighted by molar-refractivity contribution is 6.77. The average molecular weight is 265 g/mol. The maximum absolute atomic E-state index is 6.19. The Hall–Kier alpha value is -0.963. The number of nitrogen functional groups attached to an aromatic ring is 1. The van der Waals surface area contributed by atoms with Gasteiger partial charge in [0, 0.05) is 5.69 Å². The molecule has 1 rings (SSSR count). The fraction of sp³-hybridized carbons (Fsp3) is 0.600. The first-order valence-corrected chi connectivity index (χ1v) is 10.5. The van der Waals surface area contributed by atoms with E-state index in [0.29, 0.717) is 5.73 Å². The number of rotatable bonds is 7. The molecule has 0 fully saturated rings. The van der Waals surface area contributed by atoms with Crippen molar-refractivity contribution < 1.29 is 4.74 Å². The molecule has 0 spiro atoms. The summed E-state index contributed by atoms with van der Waals surface area (Å²) in [5.74, 6) is 0.952. The van der Waals surface area contributed by atoms with Gasteiger partial charge in [-0.1, -0.05) is 45.8 Å². The number of ether oxygens (including phenoxy) is 1. The summed E-state index contributed by atoms with van der Waals surface area (Å²) < 4.78 is 6.19. The van der Waals surface area contributed by atoms with E-state index in [2.05, 4.69) is 26.6 Å². The Kier molecular flexibility index (Phi) is 5.73. The van der Waals surface area contributed by atoms with Gasteiger partial charge in [0.05, 0.1) is 13.8 Å². The van der Waals surface area contributed by atoms with Gasteiger partial charge >= 0.3 is 0 Å². The summed E-state index contributed by atoms with van der Waals surface area (Å²) in [5, 5.41) is 0. The summed E-state index contributed by atoms with van der Waals surface area (Å²) in [5.41, 5.74) is 6.88. The molecule has 18 heavy (non-hydrogen) atoms. The van der Waals surface area contributed by atoms with Crippen LogP contribution in [-0.2, 0) is 0 Å². The van der Waals surface area contributed by atoms with Crippen LogP contribution in [0.3, 0.4) is 0 Å². The highest BCUT2D eigenvalue weighted by atomic mass is 28.3. The Bertz CT molecular complexity index is 343. The van der Waals surface area contributed by atoms with E-state index in [4.69, 9.17) is 10.5 Å². The number of hydrogen-bond acceptors (Lipinski definition) is 2. The molecular weight excluding hydrogens is 238 g/mol. The van der Waals surface area contributed by atoms with Crippen molar-refractivity contribution in [2.45, 2.75) is 58.0 Å². The van der Waals surface area contributed by atoms with Gasteiger partial charge in [-0.3, -0.25) is 0 Å². The molecule has 0 aromatic heterocycles.